The van der Waals surface area contributed by atoms with Crippen LogP contribution in [0.25, 0.3) is 0 Å². The van der Waals surface area contributed by atoms with Crippen molar-refractivity contribution in [2.45, 2.75) is 6.42 Å². The molecule has 4 heteroatoms. The Morgan fingerprint density at radius 1 is 1.00 bits per heavy atom. The van der Waals surface area contributed by atoms with E-state index in [1.54, 1.807) is 18.2 Å². The van der Waals surface area contributed by atoms with Crippen molar-refractivity contribution < 1.29 is 4.74 Å². The molecule has 0 heterocycles. The van der Waals surface area contributed by atoms with Gasteiger partial charge in [0.05, 0.1) is 0 Å². The summed E-state index contributed by atoms with van der Waals surface area (Å²) in [6.45, 7) is 0.563. The summed E-state index contributed by atoms with van der Waals surface area (Å²) in [6, 6.07) is 12.8. The Bertz CT molecular complexity index is 543. The van der Waals surface area contributed by atoms with E-state index in [0.29, 0.717) is 22.3 Å². The van der Waals surface area contributed by atoms with Crippen LogP contribution in [-0.2, 0) is 6.42 Å². The Labute approximate surface area is 116 Å². The number of benzene rings is 2. The average Bonchev–Trinajstić information content (AvgIpc) is 2.33. The van der Waals surface area contributed by atoms with Gasteiger partial charge in [0, 0.05) is 10.0 Å². The molecule has 2 nitrogen and oxygen atoms in total. The van der Waals surface area contributed by atoms with Crippen LogP contribution in [0, 0.1) is 0 Å². The minimum atomic E-state index is 0.563. The third-order valence-electron chi connectivity index (χ3n) is 2.47. The highest BCUT2D eigenvalue weighted by molar-refractivity contribution is 6.31. The van der Waals surface area contributed by atoms with Crippen LogP contribution in [0.2, 0.25) is 10.0 Å². The van der Waals surface area contributed by atoms with Gasteiger partial charge >= 0.3 is 0 Å². The van der Waals surface area contributed by atoms with Gasteiger partial charge in [-0.1, -0.05) is 35.3 Å². The molecule has 0 aliphatic rings. The van der Waals surface area contributed by atoms with Crippen LogP contribution in [0.15, 0.2) is 42.5 Å². The molecule has 0 saturated heterocycles. The van der Waals surface area contributed by atoms with Crippen LogP contribution < -0.4 is 10.5 Å². The third-order valence-corrected chi connectivity index (χ3v) is 2.94. The minimum absolute atomic E-state index is 0.563. The second kappa shape index (κ2) is 6.10. The average molecular weight is 282 g/mol. The lowest BCUT2D eigenvalue weighted by Crippen LogP contribution is -2.04. The topological polar surface area (TPSA) is 35.2 Å². The molecule has 2 aromatic carbocycles. The Balaban J connectivity index is 2.29. The SMILES string of the molecule is NCCc1ccc(Cl)cc1Oc1cccc(Cl)c1. The van der Waals surface area contributed by atoms with Gasteiger partial charge in [0.2, 0.25) is 0 Å². The lowest BCUT2D eigenvalue weighted by molar-refractivity contribution is 0.476. The highest BCUT2D eigenvalue weighted by Gasteiger charge is 2.06. The van der Waals surface area contributed by atoms with Crippen molar-refractivity contribution in [3.8, 4) is 11.5 Å². The molecule has 0 aromatic heterocycles. The predicted octanol–water partition coefficient (Wildman–Crippen LogP) is 4.29. The number of rotatable bonds is 4. The summed E-state index contributed by atoms with van der Waals surface area (Å²) in [5.41, 5.74) is 6.60. The summed E-state index contributed by atoms with van der Waals surface area (Å²) in [5.74, 6) is 1.40. The summed E-state index contributed by atoms with van der Waals surface area (Å²) >= 11 is 11.9. The van der Waals surface area contributed by atoms with Crippen molar-refractivity contribution in [1.29, 1.82) is 0 Å². The zero-order chi connectivity index (χ0) is 13.0. The first-order chi connectivity index (χ1) is 8.69. The van der Waals surface area contributed by atoms with E-state index in [9.17, 15) is 0 Å². The molecule has 0 radical (unpaired) electrons. The zero-order valence-corrected chi connectivity index (χ0v) is 11.2. The van der Waals surface area contributed by atoms with Gasteiger partial charge in [0.1, 0.15) is 11.5 Å². The Morgan fingerprint density at radius 3 is 2.50 bits per heavy atom. The van der Waals surface area contributed by atoms with E-state index in [4.69, 9.17) is 33.7 Å². The fraction of sp³-hybridized carbons (Fsp3) is 0.143. The molecule has 0 aliphatic carbocycles. The molecule has 0 unspecified atom stereocenters. The molecule has 0 aliphatic heterocycles. The van der Waals surface area contributed by atoms with Crippen molar-refractivity contribution in [2.24, 2.45) is 5.73 Å². The van der Waals surface area contributed by atoms with Crippen LogP contribution in [0.5, 0.6) is 11.5 Å². The van der Waals surface area contributed by atoms with E-state index < -0.39 is 0 Å². The molecule has 0 saturated carbocycles. The minimum Gasteiger partial charge on any atom is -0.457 e. The molecule has 0 bridgehead atoms. The molecule has 0 spiro atoms. The van der Waals surface area contributed by atoms with E-state index in [1.807, 2.05) is 24.3 Å². The molecule has 18 heavy (non-hydrogen) atoms. The van der Waals surface area contributed by atoms with Crippen LogP contribution in [0.1, 0.15) is 5.56 Å². The van der Waals surface area contributed by atoms with Gasteiger partial charge in [-0.2, -0.15) is 0 Å². The molecule has 2 aromatic rings. The molecule has 0 amide bonds. The molecule has 0 atom stereocenters. The maximum absolute atomic E-state index is 5.98. The van der Waals surface area contributed by atoms with E-state index in [0.717, 1.165) is 17.7 Å². The molecular weight excluding hydrogens is 269 g/mol. The summed E-state index contributed by atoms with van der Waals surface area (Å²) in [7, 11) is 0. The van der Waals surface area contributed by atoms with E-state index in [-0.39, 0.29) is 0 Å². The van der Waals surface area contributed by atoms with Gasteiger partial charge in [-0.05, 0) is 48.9 Å². The fourth-order valence-electron chi connectivity index (χ4n) is 1.64. The van der Waals surface area contributed by atoms with Gasteiger partial charge in [0.15, 0.2) is 0 Å². The second-order valence-electron chi connectivity index (χ2n) is 3.85. The zero-order valence-electron chi connectivity index (χ0n) is 9.70. The van der Waals surface area contributed by atoms with Crippen LogP contribution in [-0.4, -0.2) is 6.54 Å². The highest BCUT2D eigenvalue weighted by Crippen LogP contribution is 2.29. The van der Waals surface area contributed by atoms with E-state index in [1.165, 1.54) is 0 Å². The van der Waals surface area contributed by atoms with Gasteiger partial charge in [-0.3, -0.25) is 0 Å². The van der Waals surface area contributed by atoms with E-state index in [2.05, 4.69) is 0 Å². The van der Waals surface area contributed by atoms with Gasteiger partial charge in [-0.25, -0.2) is 0 Å². The molecular formula is C14H13Cl2NO. The van der Waals surface area contributed by atoms with Gasteiger partial charge in [-0.15, -0.1) is 0 Å². The summed E-state index contributed by atoms with van der Waals surface area (Å²) in [4.78, 5) is 0. The Hall–Kier alpha value is -1.22. The first-order valence-corrected chi connectivity index (χ1v) is 6.36. The highest BCUT2D eigenvalue weighted by atomic mass is 35.5. The molecule has 94 valence electrons. The van der Waals surface area contributed by atoms with Gasteiger partial charge < -0.3 is 10.5 Å². The van der Waals surface area contributed by atoms with Crippen molar-refractivity contribution >= 4 is 23.2 Å². The van der Waals surface area contributed by atoms with Crippen LogP contribution >= 0.6 is 23.2 Å². The van der Waals surface area contributed by atoms with E-state index >= 15 is 0 Å². The fourth-order valence-corrected chi connectivity index (χ4v) is 1.99. The van der Waals surface area contributed by atoms with Crippen molar-refractivity contribution in [3.05, 3.63) is 58.1 Å². The second-order valence-corrected chi connectivity index (χ2v) is 4.72. The van der Waals surface area contributed by atoms with Gasteiger partial charge in [0.25, 0.3) is 0 Å². The van der Waals surface area contributed by atoms with Crippen molar-refractivity contribution in [1.82, 2.24) is 0 Å². The third kappa shape index (κ3) is 3.39. The number of ether oxygens (including phenoxy) is 1. The lowest BCUT2D eigenvalue weighted by atomic mass is 10.1. The largest absolute Gasteiger partial charge is 0.457 e. The number of nitrogens with two attached hydrogens (primary N) is 1. The van der Waals surface area contributed by atoms with Crippen LogP contribution in [0.4, 0.5) is 0 Å². The van der Waals surface area contributed by atoms with Crippen LogP contribution in [0.3, 0.4) is 0 Å². The monoisotopic (exact) mass is 281 g/mol. The standard InChI is InChI=1S/C14H13Cl2NO/c15-11-2-1-3-13(8-11)18-14-9-12(16)5-4-10(14)6-7-17/h1-5,8-9H,6-7,17H2. The molecule has 0 fully saturated rings. The smallest absolute Gasteiger partial charge is 0.132 e. The summed E-state index contributed by atoms with van der Waals surface area (Å²) in [6.07, 6.45) is 0.743. The Morgan fingerprint density at radius 2 is 1.78 bits per heavy atom. The van der Waals surface area contributed by atoms with Crippen molar-refractivity contribution in [3.63, 3.8) is 0 Å². The van der Waals surface area contributed by atoms with Crippen molar-refractivity contribution in [2.75, 3.05) is 6.54 Å². The normalized spacial score (nSPS) is 10.4. The maximum atomic E-state index is 5.98. The maximum Gasteiger partial charge on any atom is 0.132 e. The first-order valence-electron chi connectivity index (χ1n) is 5.61. The number of halogens is 2. The molecule has 2 N–H and O–H groups in total. The predicted molar refractivity (Wildman–Crippen MR) is 75.7 cm³/mol. The summed E-state index contributed by atoms with van der Waals surface area (Å²) in [5, 5.41) is 1.27. The quantitative estimate of drug-likeness (QED) is 0.908. The lowest BCUT2D eigenvalue weighted by Gasteiger charge is -2.11. The number of hydrogen-bond acceptors (Lipinski definition) is 2. The first kappa shape index (κ1) is 13.2. The number of hydrogen-bond donors (Lipinski definition) is 1. The summed E-state index contributed by atoms with van der Waals surface area (Å²) < 4.78 is 5.80. The Kier molecular flexibility index (Phi) is 4.48. The molecule has 2 rings (SSSR count).